The lowest BCUT2D eigenvalue weighted by Crippen LogP contribution is -2.54. The highest BCUT2D eigenvalue weighted by molar-refractivity contribution is 5.29. The molecule has 0 aromatic heterocycles. The Bertz CT molecular complexity index is 769. The molecule has 2 heterocycles. The molecule has 2 saturated heterocycles. The van der Waals surface area contributed by atoms with Crippen molar-refractivity contribution in [3.63, 3.8) is 0 Å². The van der Waals surface area contributed by atoms with Gasteiger partial charge in [0.25, 0.3) is 0 Å². The molecule has 4 nitrogen and oxygen atoms in total. The van der Waals surface area contributed by atoms with Crippen LogP contribution in [0.1, 0.15) is 79.1 Å². The molecular weight excluding hydrogens is 388 g/mol. The van der Waals surface area contributed by atoms with Crippen LogP contribution in [-0.4, -0.2) is 40.9 Å². The SMILES string of the molecule is CC1CC[C@@]2(OC1)O[C@H]1C[C@H]3[C@@H]4CC=C5[C@@H](O)[C@@H](O)CC[C@]5(C)[C@H]4CC[C@]3(C)[C@H]1[C@@H]2C. The van der Waals surface area contributed by atoms with E-state index in [2.05, 4.69) is 33.8 Å². The second-order valence-electron chi connectivity index (χ2n) is 12.8. The number of aliphatic hydroxyl groups is 2. The number of fused-ring (bicyclic) bond motifs is 7. The third kappa shape index (κ3) is 2.68. The molecule has 0 bridgehead atoms. The highest BCUT2D eigenvalue weighted by atomic mass is 16.7. The molecule has 5 fully saturated rings. The summed E-state index contributed by atoms with van der Waals surface area (Å²) in [5, 5.41) is 21.0. The zero-order chi connectivity index (χ0) is 21.8. The van der Waals surface area contributed by atoms with E-state index in [-0.39, 0.29) is 11.2 Å². The van der Waals surface area contributed by atoms with E-state index >= 15 is 0 Å². The minimum atomic E-state index is -0.662. The normalized spacial score (nSPS) is 60.7. The topological polar surface area (TPSA) is 58.9 Å². The van der Waals surface area contributed by atoms with Crippen molar-refractivity contribution in [2.24, 2.45) is 46.3 Å². The van der Waals surface area contributed by atoms with E-state index in [1.165, 1.54) is 25.7 Å². The van der Waals surface area contributed by atoms with Crippen LogP contribution >= 0.6 is 0 Å². The van der Waals surface area contributed by atoms with E-state index in [4.69, 9.17) is 9.47 Å². The summed E-state index contributed by atoms with van der Waals surface area (Å²) < 4.78 is 13.3. The first-order valence-electron chi connectivity index (χ1n) is 13.1. The molecule has 0 radical (unpaired) electrons. The van der Waals surface area contributed by atoms with Gasteiger partial charge in [0.15, 0.2) is 5.79 Å². The van der Waals surface area contributed by atoms with E-state index in [1.54, 1.807) is 0 Å². The van der Waals surface area contributed by atoms with Crippen LogP contribution in [-0.2, 0) is 9.47 Å². The Balaban J connectivity index is 1.29. The first kappa shape index (κ1) is 21.1. The fraction of sp³-hybridized carbons (Fsp3) is 0.926. The van der Waals surface area contributed by atoms with E-state index in [0.717, 1.165) is 37.9 Å². The van der Waals surface area contributed by atoms with E-state index in [0.29, 0.717) is 47.0 Å². The summed E-state index contributed by atoms with van der Waals surface area (Å²) in [5.41, 5.74) is 1.52. The van der Waals surface area contributed by atoms with Gasteiger partial charge in [-0.3, -0.25) is 0 Å². The number of rotatable bonds is 0. The Morgan fingerprint density at radius 2 is 1.81 bits per heavy atom. The number of ether oxygens (including phenoxy) is 2. The highest BCUT2D eigenvalue weighted by Gasteiger charge is 2.68. The molecule has 2 N–H and O–H groups in total. The summed E-state index contributed by atoms with van der Waals surface area (Å²) in [5.74, 6) is 3.39. The van der Waals surface area contributed by atoms with E-state index in [9.17, 15) is 10.2 Å². The van der Waals surface area contributed by atoms with Gasteiger partial charge in [-0.25, -0.2) is 0 Å². The van der Waals surface area contributed by atoms with Gasteiger partial charge in [0, 0.05) is 12.3 Å². The van der Waals surface area contributed by atoms with Crippen molar-refractivity contribution in [2.75, 3.05) is 6.61 Å². The lowest BCUT2D eigenvalue weighted by atomic mass is 9.46. The smallest absolute Gasteiger partial charge is 0.171 e. The maximum Gasteiger partial charge on any atom is 0.171 e. The van der Waals surface area contributed by atoms with Crippen LogP contribution in [0.25, 0.3) is 0 Å². The number of aliphatic hydroxyl groups excluding tert-OH is 2. The van der Waals surface area contributed by atoms with E-state index < -0.39 is 12.2 Å². The first-order valence-corrected chi connectivity index (χ1v) is 13.1. The van der Waals surface area contributed by atoms with E-state index in [1.807, 2.05) is 0 Å². The summed E-state index contributed by atoms with van der Waals surface area (Å²) in [6.07, 6.45) is 10.2. The standard InChI is InChI=1S/C27H42O4/c1-15-7-12-27(30-14-15)16(2)23-22(31-27)13-20-17-5-6-19-24(29)21(28)9-11-25(19,3)18(17)8-10-26(20,23)4/h6,15-18,20-24,28-29H,5,7-14H2,1-4H3/t15?,16-,17+,18-,20-,21-,22-,23-,24+,25+,26-,27+/m0/s1. The maximum absolute atomic E-state index is 10.7. The fourth-order valence-corrected chi connectivity index (χ4v) is 9.74. The molecule has 6 rings (SSSR count). The molecule has 0 aromatic rings. The van der Waals surface area contributed by atoms with Crippen molar-refractivity contribution in [1.29, 1.82) is 0 Å². The lowest BCUT2D eigenvalue weighted by Gasteiger charge is -2.59. The Labute approximate surface area is 187 Å². The second kappa shape index (κ2) is 6.81. The summed E-state index contributed by atoms with van der Waals surface area (Å²) >= 11 is 0. The largest absolute Gasteiger partial charge is 0.390 e. The Hall–Kier alpha value is -0.420. The fourth-order valence-electron chi connectivity index (χ4n) is 9.74. The quantitative estimate of drug-likeness (QED) is 0.548. The average molecular weight is 431 g/mol. The lowest BCUT2D eigenvalue weighted by molar-refractivity contribution is -0.272. The predicted molar refractivity (Wildman–Crippen MR) is 119 cm³/mol. The molecule has 4 heteroatoms. The highest BCUT2D eigenvalue weighted by Crippen LogP contribution is 2.70. The van der Waals surface area contributed by atoms with Gasteiger partial charge in [0.05, 0.1) is 18.8 Å². The summed E-state index contributed by atoms with van der Waals surface area (Å²) in [6.45, 7) is 10.5. The summed E-state index contributed by atoms with van der Waals surface area (Å²) in [4.78, 5) is 0. The van der Waals surface area contributed by atoms with Crippen molar-refractivity contribution >= 4 is 0 Å². The maximum atomic E-state index is 10.7. The zero-order valence-electron chi connectivity index (χ0n) is 19.8. The van der Waals surface area contributed by atoms with Crippen molar-refractivity contribution in [2.45, 2.75) is 103 Å². The third-order valence-corrected chi connectivity index (χ3v) is 11.4. The average Bonchev–Trinajstić information content (AvgIpc) is 3.18. The minimum Gasteiger partial charge on any atom is -0.390 e. The van der Waals surface area contributed by atoms with Gasteiger partial charge in [-0.05, 0) is 90.9 Å². The number of hydrogen-bond donors (Lipinski definition) is 2. The van der Waals surface area contributed by atoms with Crippen molar-refractivity contribution < 1.29 is 19.7 Å². The molecule has 1 spiro atoms. The molecule has 6 aliphatic rings. The monoisotopic (exact) mass is 430 g/mol. The van der Waals surface area contributed by atoms with Crippen LogP contribution in [0.3, 0.4) is 0 Å². The Kier molecular flexibility index (Phi) is 4.64. The van der Waals surface area contributed by atoms with Gasteiger partial charge >= 0.3 is 0 Å². The van der Waals surface area contributed by atoms with Crippen LogP contribution < -0.4 is 0 Å². The van der Waals surface area contributed by atoms with Crippen LogP contribution in [0, 0.1) is 46.3 Å². The van der Waals surface area contributed by atoms with Crippen molar-refractivity contribution in [3.8, 4) is 0 Å². The first-order chi connectivity index (χ1) is 14.7. The second-order valence-corrected chi connectivity index (χ2v) is 12.8. The van der Waals surface area contributed by atoms with Crippen molar-refractivity contribution in [1.82, 2.24) is 0 Å². The van der Waals surface area contributed by atoms with Crippen LogP contribution in [0.5, 0.6) is 0 Å². The van der Waals surface area contributed by atoms with Gasteiger partial charge in [-0.15, -0.1) is 0 Å². The Morgan fingerprint density at radius 3 is 2.55 bits per heavy atom. The third-order valence-electron chi connectivity index (χ3n) is 11.4. The molecule has 12 atom stereocenters. The summed E-state index contributed by atoms with van der Waals surface area (Å²) in [7, 11) is 0. The van der Waals surface area contributed by atoms with Gasteiger partial charge in [-0.2, -0.15) is 0 Å². The molecule has 2 aliphatic heterocycles. The predicted octanol–water partition coefficient (Wildman–Crippen LogP) is 4.68. The molecule has 3 saturated carbocycles. The minimum absolute atomic E-state index is 0.0525. The molecule has 0 aromatic carbocycles. The Morgan fingerprint density at radius 1 is 1.00 bits per heavy atom. The van der Waals surface area contributed by atoms with Gasteiger partial charge in [0.1, 0.15) is 6.10 Å². The van der Waals surface area contributed by atoms with Gasteiger partial charge < -0.3 is 19.7 Å². The van der Waals surface area contributed by atoms with Gasteiger partial charge in [-0.1, -0.05) is 33.8 Å². The van der Waals surface area contributed by atoms with Crippen LogP contribution in [0.2, 0.25) is 0 Å². The van der Waals surface area contributed by atoms with Crippen LogP contribution in [0.4, 0.5) is 0 Å². The van der Waals surface area contributed by atoms with Gasteiger partial charge in [0.2, 0.25) is 0 Å². The molecule has 4 aliphatic carbocycles. The molecule has 0 amide bonds. The molecule has 1 unspecified atom stereocenters. The zero-order valence-corrected chi connectivity index (χ0v) is 19.8. The van der Waals surface area contributed by atoms with Crippen LogP contribution in [0.15, 0.2) is 11.6 Å². The van der Waals surface area contributed by atoms with Crippen molar-refractivity contribution in [3.05, 3.63) is 11.6 Å². The number of hydrogen-bond acceptors (Lipinski definition) is 4. The molecular formula is C27H42O4. The number of allylic oxidation sites excluding steroid dienone is 1. The molecule has 174 valence electrons. The molecule has 31 heavy (non-hydrogen) atoms. The summed E-state index contributed by atoms with van der Waals surface area (Å²) in [6, 6.07) is 0.